The number of benzene rings is 1. The third-order valence-corrected chi connectivity index (χ3v) is 4.82. The van der Waals surface area contributed by atoms with Crippen molar-refractivity contribution >= 4 is 22.9 Å². The molecule has 2 atom stereocenters. The van der Waals surface area contributed by atoms with Crippen molar-refractivity contribution in [1.29, 1.82) is 0 Å². The number of ether oxygens (including phenoxy) is 1. The van der Waals surface area contributed by atoms with Crippen molar-refractivity contribution in [2.75, 3.05) is 0 Å². The lowest BCUT2D eigenvalue weighted by molar-refractivity contribution is 0.174. The third-order valence-electron chi connectivity index (χ3n) is 3.52. The van der Waals surface area contributed by atoms with Crippen LogP contribution in [0.1, 0.15) is 49.7 Å². The first-order valence-electron chi connectivity index (χ1n) is 7.28. The van der Waals surface area contributed by atoms with Crippen molar-refractivity contribution in [3.63, 3.8) is 0 Å². The zero-order valence-corrected chi connectivity index (χ0v) is 14.2. The fourth-order valence-electron chi connectivity index (χ4n) is 2.15. The molecule has 0 saturated heterocycles. The molecule has 4 heteroatoms. The monoisotopic (exact) mass is 323 g/mol. The highest BCUT2D eigenvalue weighted by molar-refractivity contribution is 7.16. The number of halogens is 1. The highest BCUT2D eigenvalue weighted by Gasteiger charge is 2.22. The number of rotatable bonds is 6. The van der Waals surface area contributed by atoms with Gasteiger partial charge in [0.1, 0.15) is 11.9 Å². The summed E-state index contributed by atoms with van der Waals surface area (Å²) in [6.07, 6.45) is 0.694. The maximum Gasteiger partial charge on any atom is 0.148 e. The maximum absolute atomic E-state index is 6.24. The Labute approximate surface area is 135 Å². The molecule has 2 unspecified atom stereocenters. The van der Waals surface area contributed by atoms with Crippen molar-refractivity contribution in [3.8, 4) is 5.75 Å². The van der Waals surface area contributed by atoms with Crippen LogP contribution in [0.25, 0.3) is 0 Å². The molecule has 114 valence electrons. The Hall–Kier alpha value is -1.03. The summed E-state index contributed by atoms with van der Waals surface area (Å²) in [6.45, 7) is 6.42. The van der Waals surface area contributed by atoms with Crippen molar-refractivity contribution in [1.82, 2.24) is 0 Å². The number of nitrogens with two attached hydrogens (primary N) is 1. The van der Waals surface area contributed by atoms with Gasteiger partial charge in [-0.25, -0.2) is 0 Å². The van der Waals surface area contributed by atoms with Crippen LogP contribution in [0.4, 0.5) is 0 Å². The Morgan fingerprint density at radius 1 is 1.24 bits per heavy atom. The van der Waals surface area contributed by atoms with Gasteiger partial charge in [-0.3, -0.25) is 0 Å². The molecule has 0 radical (unpaired) electrons. The van der Waals surface area contributed by atoms with Gasteiger partial charge in [0.2, 0.25) is 0 Å². The molecular weight excluding hydrogens is 302 g/mol. The van der Waals surface area contributed by atoms with E-state index in [4.69, 9.17) is 22.1 Å². The standard InChI is InChI=1S/C17H22ClNOS/c1-4-14(19)17(15-8-9-16(18)21-15)20-13-7-5-6-12(10-13)11(2)3/h5-11,14,17H,4,19H2,1-3H3. The van der Waals surface area contributed by atoms with Gasteiger partial charge in [0.25, 0.3) is 0 Å². The summed E-state index contributed by atoms with van der Waals surface area (Å²) in [5.41, 5.74) is 7.51. The van der Waals surface area contributed by atoms with Gasteiger partial charge in [-0.2, -0.15) is 0 Å². The van der Waals surface area contributed by atoms with Crippen LogP contribution in [-0.4, -0.2) is 6.04 Å². The predicted molar refractivity (Wildman–Crippen MR) is 91.5 cm³/mol. The second-order valence-corrected chi connectivity index (χ2v) is 7.23. The molecule has 0 aliphatic carbocycles. The predicted octanol–water partition coefficient (Wildman–Crippen LogP) is 5.38. The minimum absolute atomic E-state index is 0.0533. The third kappa shape index (κ3) is 4.22. The van der Waals surface area contributed by atoms with E-state index in [-0.39, 0.29) is 12.1 Å². The topological polar surface area (TPSA) is 35.2 Å². The number of thiophene rings is 1. The van der Waals surface area contributed by atoms with Gasteiger partial charge in [0.15, 0.2) is 0 Å². The molecule has 2 N–H and O–H groups in total. The quantitative estimate of drug-likeness (QED) is 0.774. The van der Waals surface area contributed by atoms with E-state index in [2.05, 4.69) is 32.9 Å². The summed E-state index contributed by atoms with van der Waals surface area (Å²) >= 11 is 7.57. The van der Waals surface area contributed by atoms with Crippen molar-refractivity contribution < 1.29 is 4.74 Å². The summed E-state index contributed by atoms with van der Waals surface area (Å²) in [7, 11) is 0. The zero-order valence-electron chi connectivity index (χ0n) is 12.7. The summed E-state index contributed by atoms with van der Waals surface area (Å²) in [5.74, 6) is 1.34. The molecular formula is C17H22ClNOS. The second kappa shape index (κ2) is 7.30. The number of hydrogen-bond donors (Lipinski definition) is 1. The summed E-state index contributed by atoms with van der Waals surface area (Å²) in [5, 5.41) is 0. The Kier molecular flexibility index (Phi) is 5.68. The van der Waals surface area contributed by atoms with Gasteiger partial charge in [-0.05, 0) is 42.2 Å². The van der Waals surface area contributed by atoms with E-state index in [1.54, 1.807) is 0 Å². The van der Waals surface area contributed by atoms with Gasteiger partial charge in [0.05, 0.1) is 4.34 Å². The number of hydrogen-bond acceptors (Lipinski definition) is 3. The van der Waals surface area contributed by atoms with Crippen LogP contribution in [0.2, 0.25) is 4.34 Å². The lowest BCUT2D eigenvalue weighted by Crippen LogP contribution is -2.30. The van der Waals surface area contributed by atoms with Crippen molar-refractivity contribution in [2.45, 2.75) is 45.3 Å². The van der Waals surface area contributed by atoms with Gasteiger partial charge in [-0.15, -0.1) is 11.3 Å². The van der Waals surface area contributed by atoms with Crippen LogP contribution in [0.15, 0.2) is 36.4 Å². The van der Waals surface area contributed by atoms with Crippen molar-refractivity contribution in [3.05, 3.63) is 51.2 Å². The molecule has 0 aliphatic heterocycles. The summed E-state index contributed by atoms with van der Waals surface area (Å²) in [4.78, 5) is 1.07. The fourth-order valence-corrected chi connectivity index (χ4v) is 3.31. The Morgan fingerprint density at radius 2 is 2.00 bits per heavy atom. The van der Waals surface area contributed by atoms with Crippen LogP contribution in [0.3, 0.4) is 0 Å². The molecule has 1 aromatic carbocycles. The normalized spacial score (nSPS) is 14.2. The minimum Gasteiger partial charge on any atom is -0.483 e. The highest BCUT2D eigenvalue weighted by Crippen LogP contribution is 2.33. The lowest BCUT2D eigenvalue weighted by Gasteiger charge is -2.24. The molecule has 0 amide bonds. The van der Waals surface area contributed by atoms with Crippen LogP contribution in [-0.2, 0) is 0 Å². The second-order valence-electron chi connectivity index (χ2n) is 5.48. The first kappa shape index (κ1) is 16.3. The molecule has 1 heterocycles. The lowest BCUT2D eigenvalue weighted by atomic mass is 10.0. The molecule has 0 aliphatic rings. The fraction of sp³-hybridized carbons (Fsp3) is 0.412. The van der Waals surface area contributed by atoms with Crippen LogP contribution >= 0.6 is 22.9 Å². The molecule has 2 aromatic rings. The van der Waals surface area contributed by atoms with E-state index < -0.39 is 0 Å². The van der Waals surface area contributed by atoms with E-state index in [0.717, 1.165) is 21.4 Å². The SMILES string of the molecule is CCC(N)C(Oc1cccc(C(C)C)c1)c1ccc(Cl)s1. The van der Waals surface area contributed by atoms with Crippen LogP contribution in [0, 0.1) is 0 Å². The highest BCUT2D eigenvalue weighted by atomic mass is 35.5. The first-order valence-corrected chi connectivity index (χ1v) is 8.48. The van der Waals surface area contributed by atoms with E-state index in [9.17, 15) is 0 Å². The largest absolute Gasteiger partial charge is 0.483 e. The van der Waals surface area contributed by atoms with Gasteiger partial charge in [0, 0.05) is 10.9 Å². The van der Waals surface area contributed by atoms with E-state index in [1.165, 1.54) is 16.9 Å². The van der Waals surface area contributed by atoms with E-state index in [1.807, 2.05) is 24.3 Å². The van der Waals surface area contributed by atoms with Crippen molar-refractivity contribution in [2.24, 2.45) is 5.73 Å². The zero-order chi connectivity index (χ0) is 15.4. The average molecular weight is 324 g/mol. The molecule has 0 bridgehead atoms. The van der Waals surface area contributed by atoms with Gasteiger partial charge in [-0.1, -0.05) is 44.5 Å². The molecule has 2 rings (SSSR count). The Morgan fingerprint density at radius 3 is 2.57 bits per heavy atom. The van der Waals surface area contributed by atoms with E-state index in [0.29, 0.717) is 5.92 Å². The molecule has 0 fully saturated rings. The smallest absolute Gasteiger partial charge is 0.148 e. The Balaban J connectivity index is 2.25. The van der Waals surface area contributed by atoms with Crippen LogP contribution < -0.4 is 10.5 Å². The van der Waals surface area contributed by atoms with Gasteiger partial charge < -0.3 is 10.5 Å². The minimum atomic E-state index is -0.157. The van der Waals surface area contributed by atoms with Gasteiger partial charge >= 0.3 is 0 Å². The summed E-state index contributed by atoms with van der Waals surface area (Å²) < 4.78 is 6.95. The summed E-state index contributed by atoms with van der Waals surface area (Å²) in [6, 6.07) is 12.1. The average Bonchev–Trinajstić information content (AvgIpc) is 2.90. The molecule has 21 heavy (non-hydrogen) atoms. The van der Waals surface area contributed by atoms with Crippen LogP contribution in [0.5, 0.6) is 5.75 Å². The molecule has 2 nitrogen and oxygen atoms in total. The molecule has 0 spiro atoms. The van der Waals surface area contributed by atoms with E-state index >= 15 is 0 Å². The Bertz CT molecular complexity index is 582. The maximum atomic E-state index is 6.24. The molecule has 0 saturated carbocycles. The molecule has 1 aromatic heterocycles. The first-order chi connectivity index (χ1) is 10.0.